The summed E-state index contributed by atoms with van der Waals surface area (Å²) in [4.78, 5) is 23.0. The van der Waals surface area contributed by atoms with Gasteiger partial charge >= 0.3 is 0 Å². The first-order chi connectivity index (χ1) is 14.5. The Morgan fingerprint density at radius 2 is 1.93 bits per heavy atom. The number of Topliss-reactive ketones (excluding diaryl/α,β-unsaturated/α-hetero) is 1. The standard InChI is InChI=1S/C21H16N4O4S/c1-14-7-9-16(10-8-14)24-20(19-6-3-11-29-19)22-23-21(24)30-13-18(26)15-4-2-5-17(12-15)25(27)28/h2-12H,13H2,1H3. The predicted octanol–water partition coefficient (Wildman–Crippen LogP) is 4.72. The second-order valence-electron chi connectivity index (χ2n) is 6.47. The lowest BCUT2D eigenvalue weighted by Crippen LogP contribution is -2.05. The van der Waals surface area contributed by atoms with Gasteiger partial charge < -0.3 is 4.42 Å². The second kappa shape index (κ2) is 8.34. The van der Waals surface area contributed by atoms with E-state index >= 15 is 0 Å². The van der Waals surface area contributed by atoms with Crippen LogP contribution in [0, 0.1) is 17.0 Å². The molecule has 2 aromatic heterocycles. The highest BCUT2D eigenvalue weighted by Crippen LogP contribution is 2.29. The first-order valence-corrected chi connectivity index (χ1v) is 9.98. The summed E-state index contributed by atoms with van der Waals surface area (Å²) in [6.07, 6.45) is 1.56. The van der Waals surface area contributed by atoms with Crippen molar-refractivity contribution in [3.05, 3.63) is 88.2 Å². The molecular formula is C21H16N4O4S. The zero-order chi connectivity index (χ0) is 21.1. The first kappa shape index (κ1) is 19.6. The number of carbonyl (C=O) groups excluding carboxylic acids is 1. The molecule has 0 saturated carbocycles. The van der Waals surface area contributed by atoms with E-state index < -0.39 is 4.92 Å². The minimum Gasteiger partial charge on any atom is -0.461 e. The van der Waals surface area contributed by atoms with Crippen molar-refractivity contribution in [1.29, 1.82) is 0 Å². The summed E-state index contributed by atoms with van der Waals surface area (Å²) >= 11 is 1.21. The maximum Gasteiger partial charge on any atom is 0.270 e. The number of ketones is 1. The maximum atomic E-state index is 12.6. The summed E-state index contributed by atoms with van der Waals surface area (Å²) in [5, 5.41) is 20.0. The van der Waals surface area contributed by atoms with E-state index in [1.54, 1.807) is 24.5 Å². The number of aromatic nitrogens is 3. The van der Waals surface area contributed by atoms with Crippen molar-refractivity contribution in [1.82, 2.24) is 14.8 Å². The molecule has 4 aromatic rings. The summed E-state index contributed by atoms with van der Waals surface area (Å²) in [5.74, 6) is 0.902. The van der Waals surface area contributed by atoms with Crippen molar-refractivity contribution in [2.45, 2.75) is 12.1 Å². The third-order valence-electron chi connectivity index (χ3n) is 4.38. The number of nitrogens with zero attached hydrogens (tertiary/aromatic N) is 4. The molecule has 0 atom stereocenters. The molecule has 4 rings (SSSR count). The number of nitro groups is 1. The largest absolute Gasteiger partial charge is 0.461 e. The maximum absolute atomic E-state index is 12.6. The number of non-ortho nitro benzene ring substituents is 1. The van der Waals surface area contributed by atoms with Gasteiger partial charge in [0.2, 0.25) is 5.82 Å². The molecule has 0 aliphatic carbocycles. The number of hydrogen-bond acceptors (Lipinski definition) is 7. The third kappa shape index (κ3) is 4.01. The molecule has 2 aromatic carbocycles. The number of nitro benzene ring substituents is 1. The minimum absolute atomic E-state index is 0.0588. The van der Waals surface area contributed by atoms with Gasteiger partial charge in [0.25, 0.3) is 5.69 Å². The molecule has 2 heterocycles. The number of benzene rings is 2. The van der Waals surface area contributed by atoms with Gasteiger partial charge in [-0.25, -0.2) is 0 Å². The molecule has 30 heavy (non-hydrogen) atoms. The topological polar surface area (TPSA) is 104 Å². The summed E-state index contributed by atoms with van der Waals surface area (Å²) in [6.45, 7) is 2.00. The Morgan fingerprint density at radius 1 is 1.13 bits per heavy atom. The zero-order valence-corrected chi connectivity index (χ0v) is 16.7. The third-order valence-corrected chi connectivity index (χ3v) is 5.31. The fourth-order valence-electron chi connectivity index (χ4n) is 2.86. The van der Waals surface area contributed by atoms with Crippen LogP contribution in [0.15, 0.2) is 76.5 Å². The molecule has 0 aliphatic rings. The van der Waals surface area contributed by atoms with Crippen molar-refractivity contribution in [3.8, 4) is 17.3 Å². The Morgan fingerprint density at radius 3 is 2.63 bits per heavy atom. The quantitative estimate of drug-likeness (QED) is 0.184. The fraction of sp³-hybridized carbons (Fsp3) is 0.0952. The Balaban J connectivity index is 1.63. The van der Waals surface area contributed by atoms with Gasteiger partial charge in [-0.3, -0.25) is 19.5 Å². The highest BCUT2D eigenvalue weighted by molar-refractivity contribution is 7.99. The van der Waals surface area contributed by atoms with E-state index in [0.717, 1.165) is 11.3 Å². The van der Waals surface area contributed by atoms with Gasteiger partial charge in [0.15, 0.2) is 16.7 Å². The van der Waals surface area contributed by atoms with Crippen LogP contribution in [-0.2, 0) is 0 Å². The zero-order valence-electron chi connectivity index (χ0n) is 15.9. The summed E-state index contributed by atoms with van der Waals surface area (Å²) in [6, 6.07) is 17.1. The normalized spacial score (nSPS) is 10.8. The smallest absolute Gasteiger partial charge is 0.270 e. The van der Waals surface area contributed by atoms with Gasteiger partial charge in [-0.05, 0) is 31.2 Å². The van der Waals surface area contributed by atoms with E-state index in [0.29, 0.717) is 16.7 Å². The molecule has 0 radical (unpaired) electrons. The molecule has 0 amide bonds. The minimum atomic E-state index is -0.520. The number of aryl methyl sites for hydroxylation is 1. The van der Waals surface area contributed by atoms with Crippen molar-refractivity contribution >= 4 is 23.2 Å². The van der Waals surface area contributed by atoms with Gasteiger partial charge in [0.1, 0.15) is 0 Å². The molecule has 0 saturated heterocycles. The van der Waals surface area contributed by atoms with E-state index in [9.17, 15) is 14.9 Å². The van der Waals surface area contributed by atoms with Crippen molar-refractivity contribution < 1.29 is 14.1 Å². The van der Waals surface area contributed by atoms with Crippen LogP contribution >= 0.6 is 11.8 Å². The van der Waals surface area contributed by atoms with E-state index in [1.807, 2.05) is 35.8 Å². The fourth-order valence-corrected chi connectivity index (χ4v) is 3.71. The van der Waals surface area contributed by atoms with Gasteiger partial charge in [-0.15, -0.1) is 10.2 Å². The first-order valence-electron chi connectivity index (χ1n) is 9.00. The molecule has 0 spiro atoms. The lowest BCUT2D eigenvalue weighted by atomic mass is 10.1. The van der Waals surface area contributed by atoms with Gasteiger partial charge in [-0.2, -0.15) is 0 Å². The van der Waals surface area contributed by atoms with Crippen LogP contribution in [0.1, 0.15) is 15.9 Å². The highest BCUT2D eigenvalue weighted by atomic mass is 32.2. The molecule has 8 nitrogen and oxygen atoms in total. The van der Waals surface area contributed by atoms with Crippen LogP contribution in [-0.4, -0.2) is 31.2 Å². The average Bonchev–Trinajstić information content (AvgIpc) is 3.42. The monoisotopic (exact) mass is 420 g/mol. The van der Waals surface area contributed by atoms with E-state index in [4.69, 9.17) is 4.42 Å². The van der Waals surface area contributed by atoms with Crippen LogP contribution < -0.4 is 0 Å². The molecule has 150 valence electrons. The Hall–Kier alpha value is -3.72. The highest BCUT2D eigenvalue weighted by Gasteiger charge is 2.20. The lowest BCUT2D eigenvalue weighted by molar-refractivity contribution is -0.384. The van der Waals surface area contributed by atoms with Crippen LogP contribution in [0.25, 0.3) is 17.3 Å². The number of furan rings is 1. The van der Waals surface area contributed by atoms with Crippen LogP contribution in [0.5, 0.6) is 0 Å². The Labute approximate surface area is 175 Å². The molecule has 0 bridgehead atoms. The van der Waals surface area contributed by atoms with Crippen molar-refractivity contribution in [2.75, 3.05) is 5.75 Å². The van der Waals surface area contributed by atoms with Gasteiger partial charge in [0.05, 0.1) is 16.9 Å². The second-order valence-corrected chi connectivity index (χ2v) is 7.42. The molecule has 0 aliphatic heterocycles. The summed E-state index contributed by atoms with van der Waals surface area (Å²) < 4.78 is 7.31. The van der Waals surface area contributed by atoms with Crippen LogP contribution in [0.4, 0.5) is 5.69 Å². The van der Waals surface area contributed by atoms with E-state index in [1.165, 1.54) is 30.0 Å². The van der Waals surface area contributed by atoms with Gasteiger partial charge in [0, 0.05) is 23.4 Å². The summed E-state index contributed by atoms with van der Waals surface area (Å²) in [7, 11) is 0. The van der Waals surface area contributed by atoms with Crippen LogP contribution in [0.2, 0.25) is 0 Å². The number of rotatable bonds is 7. The number of hydrogen-bond donors (Lipinski definition) is 0. The lowest BCUT2D eigenvalue weighted by Gasteiger charge is -2.09. The van der Waals surface area contributed by atoms with Crippen molar-refractivity contribution in [2.24, 2.45) is 0 Å². The van der Waals surface area contributed by atoms with E-state index in [2.05, 4.69) is 10.2 Å². The van der Waals surface area contributed by atoms with Gasteiger partial charge in [-0.1, -0.05) is 41.6 Å². The van der Waals surface area contributed by atoms with E-state index in [-0.39, 0.29) is 22.8 Å². The number of thioether (sulfide) groups is 1. The average molecular weight is 420 g/mol. The molecule has 0 fully saturated rings. The SMILES string of the molecule is Cc1ccc(-n2c(SCC(=O)c3cccc([N+](=O)[O-])c3)nnc2-c2ccco2)cc1. The Bertz CT molecular complexity index is 1200. The van der Waals surface area contributed by atoms with Crippen LogP contribution in [0.3, 0.4) is 0 Å². The van der Waals surface area contributed by atoms with Crippen molar-refractivity contribution in [3.63, 3.8) is 0 Å². The summed E-state index contributed by atoms with van der Waals surface area (Å²) in [5.41, 5.74) is 2.11. The number of carbonyl (C=O) groups is 1. The predicted molar refractivity (Wildman–Crippen MR) is 112 cm³/mol. The Kier molecular flexibility index (Phi) is 5.44. The molecule has 9 heteroatoms. The molecular weight excluding hydrogens is 404 g/mol. The molecule has 0 unspecified atom stereocenters. The molecule has 0 N–H and O–H groups in total.